The Balaban J connectivity index is 3.43. The quantitative estimate of drug-likeness (QED) is 0.186. The van der Waals surface area contributed by atoms with E-state index in [4.69, 9.17) is 0 Å². The third kappa shape index (κ3) is 16.3. The molecule has 0 rings (SSSR count). The SMILES string of the molecule is CCCCCCC(C)CCCNCCCCCCCC(C)[C@@H](C)C(C)C(C)CC. The van der Waals surface area contributed by atoms with Gasteiger partial charge >= 0.3 is 0 Å². The molecule has 0 aliphatic heterocycles. The van der Waals surface area contributed by atoms with Crippen molar-refractivity contribution in [3.63, 3.8) is 0 Å². The maximum absolute atomic E-state index is 3.67. The highest BCUT2D eigenvalue weighted by molar-refractivity contribution is 4.72. The van der Waals surface area contributed by atoms with Crippen molar-refractivity contribution < 1.29 is 0 Å². The smallest absolute Gasteiger partial charge is 0.00488 e. The number of hydrogen-bond donors (Lipinski definition) is 1. The Labute approximate surface area is 186 Å². The molecule has 29 heavy (non-hydrogen) atoms. The van der Waals surface area contributed by atoms with Gasteiger partial charge < -0.3 is 5.32 Å². The average molecular weight is 410 g/mol. The first kappa shape index (κ1) is 29.0. The van der Waals surface area contributed by atoms with E-state index in [2.05, 4.69) is 53.8 Å². The van der Waals surface area contributed by atoms with Gasteiger partial charge in [0.15, 0.2) is 0 Å². The van der Waals surface area contributed by atoms with Crippen LogP contribution in [0.5, 0.6) is 0 Å². The zero-order chi connectivity index (χ0) is 21.9. The fourth-order valence-corrected chi connectivity index (χ4v) is 4.68. The third-order valence-electron chi connectivity index (χ3n) is 7.88. The average Bonchev–Trinajstić information content (AvgIpc) is 2.73. The van der Waals surface area contributed by atoms with Crippen LogP contribution in [0.25, 0.3) is 0 Å². The lowest BCUT2D eigenvalue weighted by molar-refractivity contribution is 0.198. The molecule has 0 spiro atoms. The van der Waals surface area contributed by atoms with Gasteiger partial charge in [0.1, 0.15) is 0 Å². The molecule has 0 saturated heterocycles. The van der Waals surface area contributed by atoms with E-state index in [0.29, 0.717) is 0 Å². The van der Waals surface area contributed by atoms with Crippen LogP contribution >= 0.6 is 0 Å². The molecule has 1 nitrogen and oxygen atoms in total. The molecule has 0 amide bonds. The maximum atomic E-state index is 3.67. The summed E-state index contributed by atoms with van der Waals surface area (Å²) in [6.45, 7) is 19.4. The van der Waals surface area contributed by atoms with Crippen molar-refractivity contribution in [3.8, 4) is 0 Å². The zero-order valence-electron chi connectivity index (χ0n) is 21.7. The summed E-state index contributed by atoms with van der Waals surface area (Å²) >= 11 is 0. The summed E-state index contributed by atoms with van der Waals surface area (Å²) in [5.41, 5.74) is 0. The van der Waals surface area contributed by atoms with Gasteiger partial charge in [-0.25, -0.2) is 0 Å². The number of rotatable bonds is 21. The molecule has 0 saturated carbocycles. The lowest BCUT2D eigenvalue weighted by atomic mass is 9.76. The van der Waals surface area contributed by atoms with E-state index in [1.165, 1.54) is 103 Å². The lowest BCUT2D eigenvalue weighted by Crippen LogP contribution is -2.22. The summed E-state index contributed by atoms with van der Waals surface area (Å²) < 4.78 is 0. The maximum Gasteiger partial charge on any atom is -0.00488 e. The highest BCUT2D eigenvalue weighted by Gasteiger charge is 2.22. The normalized spacial score (nSPS) is 17.1. The van der Waals surface area contributed by atoms with E-state index in [-0.39, 0.29) is 0 Å². The largest absolute Gasteiger partial charge is 0.317 e. The molecule has 0 aliphatic carbocycles. The van der Waals surface area contributed by atoms with E-state index in [0.717, 1.165) is 29.6 Å². The first-order valence-electron chi connectivity index (χ1n) is 13.6. The summed E-state index contributed by atoms with van der Waals surface area (Å²) in [5, 5.41) is 3.67. The zero-order valence-corrected chi connectivity index (χ0v) is 21.7. The summed E-state index contributed by atoms with van der Waals surface area (Å²) in [5.74, 6) is 4.41. The van der Waals surface area contributed by atoms with Crippen molar-refractivity contribution in [2.45, 2.75) is 138 Å². The standard InChI is InChI=1S/C28H59N/c1-8-10-11-15-19-24(3)20-18-23-29-22-17-14-12-13-16-21-26(5)28(7)27(6)25(4)9-2/h24-29H,8-23H2,1-7H3/t24?,25?,26?,27?,28-/m1/s1. The Bertz CT molecular complexity index is 326. The minimum absolute atomic E-state index is 0.866. The fraction of sp³-hybridized carbons (Fsp3) is 1.00. The second-order valence-electron chi connectivity index (χ2n) is 10.5. The van der Waals surface area contributed by atoms with E-state index in [9.17, 15) is 0 Å². The highest BCUT2D eigenvalue weighted by atomic mass is 14.8. The first-order valence-corrected chi connectivity index (χ1v) is 13.6. The van der Waals surface area contributed by atoms with Crippen molar-refractivity contribution in [1.82, 2.24) is 5.32 Å². The summed E-state index contributed by atoms with van der Waals surface area (Å²) in [7, 11) is 0. The Hall–Kier alpha value is -0.0400. The van der Waals surface area contributed by atoms with Crippen molar-refractivity contribution >= 4 is 0 Å². The highest BCUT2D eigenvalue weighted by Crippen LogP contribution is 2.31. The van der Waals surface area contributed by atoms with Crippen LogP contribution in [0.3, 0.4) is 0 Å². The van der Waals surface area contributed by atoms with Crippen LogP contribution in [-0.2, 0) is 0 Å². The second-order valence-corrected chi connectivity index (χ2v) is 10.5. The van der Waals surface area contributed by atoms with E-state index in [1.54, 1.807) is 0 Å². The van der Waals surface area contributed by atoms with Crippen molar-refractivity contribution in [3.05, 3.63) is 0 Å². The van der Waals surface area contributed by atoms with Gasteiger partial charge in [-0.2, -0.15) is 0 Å². The molecule has 0 radical (unpaired) electrons. The van der Waals surface area contributed by atoms with Crippen LogP contribution in [0.2, 0.25) is 0 Å². The molecule has 0 aliphatic rings. The number of nitrogens with one attached hydrogen (secondary N) is 1. The summed E-state index contributed by atoms with van der Waals surface area (Å²) in [4.78, 5) is 0. The van der Waals surface area contributed by atoms with Gasteiger partial charge in [-0.3, -0.25) is 0 Å². The van der Waals surface area contributed by atoms with Crippen molar-refractivity contribution in [2.75, 3.05) is 13.1 Å². The van der Waals surface area contributed by atoms with Crippen LogP contribution in [0.4, 0.5) is 0 Å². The van der Waals surface area contributed by atoms with Crippen LogP contribution in [0.15, 0.2) is 0 Å². The summed E-state index contributed by atoms with van der Waals surface area (Å²) in [6.07, 6.45) is 19.7. The van der Waals surface area contributed by atoms with Gasteiger partial charge in [-0.15, -0.1) is 0 Å². The molecule has 1 heteroatoms. The van der Waals surface area contributed by atoms with Crippen LogP contribution in [0.1, 0.15) is 138 Å². The van der Waals surface area contributed by atoms with Crippen LogP contribution in [-0.4, -0.2) is 13.1 Å². The Kier molecular flexibility index (Phi) is 19.9. The molecule has 176 valence electrons. The monoisotopic (exact) mass is 409 g/mol. The topological polar surface area (TPSA) is 12.0 Å². The van der Waals surface area contributed by atoms with Crippen LogP contribution in [0, 0.1) is 29.6 Å². The molecule has 0 aromatic rings. The number of unbranched alkanes of at least 4 members (excludes halogenated alkanes) is 7. The van der Waals surface area contributed by atoms with E-state index < -0.39 is 0 Å². The minimum Gasteiger partial charge on any atom is -0.317 e. The Morgan fingerprint density at radius 3 is 1.72 bits per heavy atom. The van der Waals surface area contributed by atoms with Gasteiger partial charge in [-0.1, -0.05) is 119 Å². The molecule has 1 N–H and O–H groups in total. The van der Waals surface area contributed by atoms with Gasteiger partial charge in [0.25, 0.3) is 0 Å². The van der Waals surface area contributed by atoms with Crippen molar-refractivity contribution in [2.24, 2.45) is 29.6 Å². The van der Waals surface area contributed by atoms with Crippen molar-refractivity contribution in [1.29, 1.82) is 0 Å². The second kappa shape index (κ2) is 19.9. The minimum atomic E-state index is 0.866. The molecular formula is C28H59N. The molecule has 0 bridgehead atoms. The summed E-state index contributed by atoms with van der Waals surface area (Å²) in [6, 6.07) is 0. The molecule has 4 unspecified atom stereocenters. The molecule has 0 heterocycles. The molecule has 0 aromatic carbocycles. The first-order chi connectivity index (χ1) is 13.9. The predicted octanol–water partition coefficient (Wildman–Crippen LogP) is 9.26. The van der Waals surface area contributed by atoms with Gasteiger partial charge in [0.05, 0.1) is 0 Å². The Morgan fingerprint density at radius 1 is 0.517 bits per heavy atom. The molecule has 0 aromatic heterocycles. The third-order valence-corrected chi connectivity index (χ3v) is 7.88. The van der Waals surface area contributed by atoms with Gasteiger partial charge in [-0.05, 0) is 61.9 Å². The van der Waals surface area contributed by atoms with Gasteiger partial charge in [0, 0.05) is 0 Å². The van der Waals surface area contributed by atoms with E-state index >= 15 is 0 Å². The van der Waals surface area contributed by atoms with E-state index in [1.807, 2.05) is 0 Å². The lowest BCUT2D eigenvalue weighted by Gasteiger charge is -2.30. The predicted molar refractivity (Wildman–Crippen MR) is 135 cm³/mol. The molecule has 5 atom stereocenters. The Morgan fingerprint density at radius 2 is 1.03 bits per heavy atom. The van der Waals surface area contributed by atoms with Crippen LogP contribution < -0.4 is 5.32 Å². The number of hydrogen-bond acceptors (Lipinski definition) is 1. The molecule has 0 fully saturated rings. The molecular weight excluding hydrogens is 350 g/mol. The van der Waals surface area contributed by atoms with Gasteiger partial charge in [0.2, 0.25) is 0 Å². The fourth-order valence-electron chi connectivity index (χ4n) is 4.68.